The van der Waals surface area contributed by atoms with Crippen molar-refractivity contribution in [3.8, 4) is 11.3 Å². The van der Waals surface area contributed by atoms with Crippen molar-refractivity contribution in [2.24, 2.45) is 5.41 Å². The lowest BCUT2D eigenvalue weighted by atomic mass is 9.66. The molecule has 4 heterocycles. The van der Waals surface area contributed by atoms with Crippen LogP contribution in [0.2, 0.25) is 10.0 Å². The molecule has 2 saturated heterocycles. The highest BCUT2D eigenvalue weighted by atomic mass is 35.5. The van der Waals surface area contributed by atoms with Crippen LogP contribution in [-0.2, 0) is 9.53 Å². The van der Waals surface area contributed by atoms with E-state index in [-0.39, 0.29) is 5.41 Å². The summed E-state index contributed by atoms with van der Waals surface area (Å²) < 4.78 is 11.5. The second kappa shape index (κ2) is 6.83. The SMILES string of the molecule is O=C(O)C12CCC(C=Cc3c(-c4c(Cl)cncc4Cl)noc3C3CC3)(CC1)CO2. The van der Waals surface area contributed by atoms with E-state index in [1.165, 1.54) is 0 Å². The Hall–Kier alpha value is -1.89. The van der Waals surface area contributed by atoms with Crippen molar-refractivity contribution in [2.45, 2.75) is 50.0 Å². The summed E-state index contributed by atoms with van der Waals surface area (Å²) in [6.07, 6.45) is 12.0. The van der Waals surface area contributed by atoms with E-state index in [1.54, 1.807) is 12.4 Å². The molecule has 0 radical (unpaired) electrons. The molecule has 0 atom stereocenters. The van der Waals surface area contributed by atoms with Crippen molar-refractivity contribution >= 4 is 35.2 Å². The maximum Gasteiger partial charge on any atom is 0.335 e. The van der Waals surface area contributed by atoms with Crippen LogP contribution in [0.1, 0.15) is 55.8 Å². The van der Waals surface area contributed by atoms with Gasteiger partial charge in [-0.05, 0) is 38.5 Å². The third kappa shape index (κ3) is 3.18. The number of fused-ring (bicyclic) bond motifs is 3. The minimum atomic E-state index is -1.00. The van der Waals surface area contributed by atoms with Gasteiger partial charge in [-0.15, -0.1) is 0 Å². The van der Waals surface area contributed by atoms with Crippen LogP contribution in [0.15, 0.2) is 23.0 Å². The third-order valence-corrected chi connectivity index (χ3v) is 7.05. The molecule has 1 N–H and O–H groups in total. The first-order valence-electron chi connectivity index (χ1n) is 9.79. The van der Waals surface area contributed by atoms with Crippen molar-refractivity contribution in [3.05, 3.63) is 39.8 Å². The number of pyridine rings is 1. The molecule has 2 aromatic heterocycles. The number of rotatable bonds is 5. The first-order valence-corrected chi connectivity index (χ1v) is 10.5. The van der Waals surface area contributed by atoms with Gasteiger partial charge in [-0.25, -0.2) is 4.79 Å². The Morgan fingerprint density at radius 1 is 1.17 bits per heavy atom. The van der Waals surface area contributed by atoms with Crippen LogP contribution >= 0.6 is 23.2 Å². The number of nitrogens with zero attached hydrogens (tertiary/aromatic N) is 2. The summed E-state index contributed by atoms with van der Waals surface area (Å²) in [5, 5.41) is 14.6. The minimum absolute atomic E-state index is 0.168. The fourth-order valence-corrected chi connectivity index (χ4v) is 4.95. The molecule has 4 fully saturated rings. The van der Waals surface area contributed by atoms with Crippen molar-refractivity contribution in [2.75, 3.05) is 6.61 Å². The molecule has 6 nitrogen and oxygen atoms in total. The van der Waals surface area contributed by atoms with Crippen LogP contribution in [0.5, 0.6) is 0 Å². The lowest BCUT2D eigenvalue weighted by Crippen LogP contribution is -2.54. The molecule has 4 aliphatic rings. The Morgan fingerprint density at radius 3 is 2.41 bits per heavy atom. The van der Waals surface area contributed by atoms with Gasteiger partial charge in [0.05, 0.1) is 16.7 Å². The summed E-state index contributed by atoms with van der Waals surface area (Å²) in [4.78, 5) is 15.6. The summed E-state index contributed by atoms with van der Waals surface area (Å²) in [5.41, 5.74) is 0.944. The van der Waals surface area contributed by atoms with Crippen molar-refractivity contribution in [3.63, 3.8) is 0 Å². The molecule has 0 amide bonds. The number of aromatic nitrogens is 2. The number of hydrogen-bond donors (Lipinski definition) is 1. The molecule has 152 valence electrons. The van der Waals surface area contributed by atoms with E-state index >= 15 is 0 Å². The maximum atomic E-state index is 11.6. The molecule has 2 aromatic rings. The molecule has 29 heavy (non-hydrogen) atoms. The van der Waals surface area contributed by atoms with Gasteiger partial charge in [0.15, 0.2) is 5.60 Å². The Kier molecular flexibility index (Phi) is 4.49. The molecule has 2 saturated carbocycles. The number of ether oxygens (including phenoxy) is 1. The number of carbonyl (C=O) groups is 1. The zero-order valence-electron chi connectivity index (χ0n) is 15.7. The topological polar surface area (TPSA) is 85.5 Å². The van der Waals surface area contributed by atoms with Gasteiger partial charge in [0.2, 0.25) is 0 Å². The fourth-order valence-electron chi connectivity index (χ4n) is 4.40. The molecular formula is C21H20Cl2N2O4. The zero-order valence-corrected chi connectivity index (χ0v) is 17.2. The van der Waals surface area contributed by atoms with Crippen LogP contribution < -0.4 is 0 Å². The summed E-state index contributed by atoms with van der Waals surface area (Å²) in [5.74, 6) is 0.361. The van der Waals surface area contributed by atoms with Gasteiger partial charge >= 0.3 is 5.97 Å². The average Bonchev–Trinajstić information content (AvgIpc) is 3.48. The van der Waals surface area contributed by atoms with Crippen molar-refractivity contribution in [1.82, 2.24) is 10.1 Å². The summed E-state index contributed by atoms with van der Waals surface area (Å²) >= 11 is 12.7. The number of aliphatic carboxylic acids is 1. The lowest BCUT2D eigenvalue weighted by molar-refractivity contribution is -0.199. The van der Waals surface area contributed by atoms with Gasteiger partial charge in [-0.3, -0.25) is 4.98 Å². The van der Waals surface area contributed by atoms with Crippen LogP contribution in [-0.4, -0.2) is 33.4 Å². The Morgan fingerprint density at radius 2 is 1.86 bits per heavy atom. The van der Waals surface area contributed by atoms with Gasteiger partial charge in [0.25, 0.3) is 0 Å². The lowest BCUT2D eigenvalue weighted by Gasteiger charge is -2.49. The van der Waals surface area contributed by atoms with E-state index in [2.05, 4.69) is 16.2 Å². The molecule has 0 spiro atoms. The Balaban J connectivity index is 1.51. The number of halogens is 2. The van der Waals surface area contributed by atoms with E-state index in [4.69, 9.17) is 32.5 Å². The highest BCUT2D eigenvalue weighted by Crippen LogP contribution is 2.51. The molecule has 0 unspecified atom stereocenters. The van der Waals surface area contributed by atoms with Gasteiger partial charge in [-0.2, -0.15) is 0 Å². The molecule has 2 bridgehead atoms. The van der Waals surface area contributed by atoms with Crippen LogP contribution in [0.4, 0.5) is 0 Å². The van der Waals surface area contributed by atoms with Crippen molar-refractivity contribution in [1.29, 1.82) is 0 Å². The summed E-state index contributed by atoms with van der Waals surface area (Å²) in [6, 6.07) is 0. The van der Waals surface area contributed by atoms with Crippen LogP contribution in [0.3, 0.4) is 0 Å². The molecule has 0 aromatic carbocycles. The van der Waals surface area contributed by atoms with Gasteiger partial charge in [-0.1, -0.05) is 40.5 Å². The monoisotopic (exact) mass is 434 g/mol. The minimum Gasteiger partial charge on any atom is -0.479 e. The second-order valence-corrected chi connectivity index (χ2v) is 9.16. The van der Waals surface area contributed by atoms with E-state index in [0.717, 1.165) is 37.0 Å². The predicted octanol–water partition coefficient (Wildman–Crippen LogP) is 5.35. The highest BCUT2D eigenvalue weighted by molar-refractivity contribution is 6.39. The molecule has 2 aliphatic heterocycles. The maximum absolute atomic E-state index is 11.6. The van der Waals surface area contributed by atoms with E-state index in [0.29, 0.717) is 46.7 Å². The third-order valence-electron chi connectivity index (χ3n) is 6.48. The van der Waals surface area contributed by atoms with Crippen LogP contribution in [0, 0.1) is 5.41 Å². The van der Waals surface area contributed by atoms with E-state index in [9.17, 15) is 9.90 Å². The second-order valence-electron chi connectivity index (χ2n) is 8.35. The van der Waals surface area contributed by atoms with Gasteiger partial charge in [0, 0.05) is 34.9 Å². The van der Waals surface area contributed by atoms with Gasteiger partial charge in [0.1, 0.15) is 11.5 Å². The number of carboxylic acids is 1. The van der Waals surface area contributed by atoms with Crippen LogP contribution in [0.25, 0.3) is 17.3 Å². The Bertz CT molecular complexity index is 967. The zero-order chi connectivity index (χ0) is 20.2. The fraction of sp³-hybridized carbons (Fsp3) is 0.476. The number of carboxylic acid groups (broad SMARTS) is 1. The Labute approximate surface area is 177 Å². The predicted molar refractivity (Wildman–Crippen MR) is 108 cm³/mol. The smallest absolute Gasteiger partial charge is 0.335 e. The first-order chi connectivity index (χ1) is 13.9. The normalized spacial score (nSPS) is 28.9. The standard InChI is InChI=1S/C21H20Cl2N2O4/c22-14-9-24-10-15(23)16(14)17-13(18(29-25-17)12-1-2-12)3-4-20-5-7-21(8-6-20,19(26)27)28-11-20/h3-4,9-10,12H,1-2,5-8,11H2,(H,26,27). The average molecular weight is 435 g/mol. The summed E-state index contributed by atoms with van der Waals surface area (Å²) in [7, 11) is 0. The van der Waals surface area contributed by atoms with Crippen molar-refractivity contribution < 1.29 is 19.2 Å². The quantitative estimate of drug-likeness (QED) is 0.682. The van der Waals surface area contributed by atoms with E-state index < -0.39 is 11.6 Å². The molecule has 6 rings (SSSR count). The number of hydrogen-bond acceptors (Lipinski definition) is 5. The van der Waals surface area contributed by atoms with Gasteiger partial charge < -0.3 is 14.4 Å². The molecule has 8 heteroatoms. The largest absolute Gasteiger partial charge is 0.479 e. The van der Waals surface area contributed by atoms with E-state index in [1.807, 2.05) is 6.08 Å². The highest BCUT2D eigenvalue weighted by Gasteiger charge is 2.53. The molecule has 2 aliphatic carbocycles. The first kappa shape index (κ1) is 19.1. The molecular weight excluding hydrogens is 415 g/mol. The summed E-state index contributed by atoms with van der Waals surface area (Å²) in [6.45, 7) is 0.409.